The number of Topliss-reactive ketones (excluding diaryl/α,β-unsaturated/α-hetero) is 1. The highest BCUT2D eigenvalue weighted by molar-refractivity contribution is 9.10. The maximum absolute atomic E-state index is 13.3. The van der Waals surface area contributed by atoms with E-state index in [-0.39, 0.29) is 24.1 Å². The normalized spacial score (nSPS) is 10.4. The minimum Gasteiger partial charge on any atom is -0.488 e. The molecule has 2 rings (SSSR count). The second-order valence-electron chi connectivity index (χ2n) is 5.60. The van der Waals surface area contributed by atoms with Crippen LogP contribution in [0.2, 0.25) is 0 Å². The van der Waals surface area contributed by atoms with Crippen molar-refractivity contribution in [3.05, 3.63) is 57.8 Å². The molecule has 0 aromatic heterocycles. The van der Waals surface area contributed by atoms with Gasteiger partial charge >= 0.3 is 0 Å². The number of nitrogens with one attached hydrogen (secondary N) is 1. The number of halogens is 2. The lowest BCUT2D eigenvalue weighted by Gasteiger charge is -2.12. The predicted molar refractivity (Wildman–Crippen MR) is 98.4 cm³/mol. The van der Waals surface area contributed by atoms with Gasteiger partial charge in [-0.3, -0.25) is 9.59 Å². The number of ether oxygens (including phenoxy) is 1. The molecule has 0 aliphatic rings. The van der Waals surface area contributed by atoms with Crippen LogP contribution in [0, 0.1) is 5.82 Å². The van der Waals surface area contributed by atoms with Crippen molar-refractivity contribution < 1.29 is 18.7 Å². The Labute approximate surface area is 154 Å². The lowest BCUT2D eigenvalue weighted by atomic mass is 10.1. The Morgan fingerprint density at radius 1 is 1.20 bits per heavy atom. The Morgan fingerprint density at radius 3 is 2.60 bits per heavy atom. The van der Waals surface area contributed by atoms with E-state index in [1.165, 1.54) is 13.0 Å². The largest absolute Gasteiger partial charge is 0.488 e. The molecule has 2 aromatic carbocycles. The van der Waals surface area contributed by atoms with Gasteiger partial charge in [-0.05, 0) is 65.2 Å². The van der Waals surface area contributed by atoms with Crippen LogP contribution in [-0.2, 0) is 11.4 Å². The van der Waals surface area contributed by atoms with Gasteiger partial charge in [0.15, 0.2) is 5.78 Å². The number of ketones is 1. The van der Waals surface area contributed by atoms with E-state index in [4.69, 9.17) is 4.74 Å². The lowest BCUT2D eigenvalue weighted by Crippen LogP contribution is -2.11. The van der Waals surface area contributed by atoms with Crippen molar-refractivity contribution in [1.29, 1.82) is 0 Å². The second kappa shape index (κ2) is 8.76. The quantitative estimate of drug-likeness (QED) is 0.648. The summed E-state index contributed by atoms with van der Waals surface area (Å²) in [5.74, 6) is -0.189. The van der Waals surface area contributed by atoms with E-state index in [0.717, 1.165) is 12.0 Å². The van der Waals surface area contributed by atoms with Gasteiger partial charge in [0.05, 0.1) is 10.0 Å². The molecule has 0 saturated heterocycles. The highest BCUT2D eigenvalue weighted by Gasteiger charge is 2.12. The number of carbonyl (C=O) groups is 2. The van der Waals surface area contributed by atoms with Crippen LogP contribution in [0.25, 0.3) is 0 Å². The number of anilines is 1. The third-order valence-corrected chi connectivity index (χ3v) is 4.11. The van der Waals surface area contributed by atoms with Gasteiger partial charge in [0.2, 0.25) is 5.91 Å². The minimum absolute atomic E-state index is 0.0955. The van der Waals surface area contributed by atoms with E-state index < -0.39 is 0 Å². The van der Waals surface area contributed by atoms with Crippen LogP contribution in [0.5, 0.6) is 5.75 Å². The third kappa shape index (κ3) is 5.39. The molecule has 1 N–H and O–H groups in total. The molecular weight excluding hydrogens is 389 g/mol. The molecule has 6 heteroatoms. The summed E-state index contributed by atoms with van der Waals surface area (Å²) in [5.41, 5.74) is 1.71. The Hall–Kier alpha value is -2.21. The predicted octanol–water partition coefficient (Wildman–Crippen LogP) is 5.11. The van der Waals surface area contributed by atoms with E-state index in [0.29, 0.717) is 27.9 Å². The zero-order valence-corrected chi connectivity index (χ0v) is 15.7. The van der Waals surface area contributed by atoms with E-state index in [1.807, 2.05) is 6.92 Å². The van der Waals surface area contributed by atoms with Crippen LogP contribution in [0.15, 0.2) is 40.9 Å². The van der Waals surface area contributed by atoms with Gasteiger partial charge in [-0.25, -0.2) is 4.39 Å². The topological polar surface area (TPSA) is 55.4 Å². The molecule has 0 bridgehead atoms. The molecule has 0 unspecified atom stereocenters. The van der Waals surface area contributed by atoms with Crippen molar-refractivity contribution in [3.8, 4) is 5.75 Å². The maximum atomic E-state index is 13.3. The summed E-state index contributed by atoms with van der Waals surface area (Å²) < 4.78 is 19.3. The van der Waals surface area contributed by atoms with Crippen LogP contribution < -0.4 is 10.1 Å². The molecule has 0 saturated carbocycles. The Kier molecular flexibility index (Phi) is 6.70. The first-order valence-corrected chi connectivity index (χ1v) is 8.71. The van der Waals surface area contributed by atoms with Crippen molar-refractivity contribution in [3.63, 3.8) is 0 Å². The van der Waals surface area contributed by atoms with E-state index in [9.17, 15) is 14.0 Å². The fourth-order valence-electron chi connectivity index (χ4n) is 2.25. The standard InChI is InChI=1S/C19H19BrFNO3/c1-3-4-19(24)22-14-6-8-18(15(10-14)12(2)23)25-11-13-5-7-17(21)16(20)9-13/h5-10H,3-4,11H2,1-2H3,(H,22,24). The van der Waals surface area contributed by atoms with Gasteiger partial charge in [0.25, 0.3) is 0 Å². The molecule has 0 spiro atoms. The Morgan fingerprint density at radius 2 is 1.96 bits per heavy atom. The fourth-order valence-corrected chi connectivity index (χ4v) is 2.68. The summed E-state index contributed by atoms with van der Waals surface area (Å²) >= 11 is 3.13. The van der Waals surface area contributed by atoms with Crippen LogP contribution in [0.3, 0.4) is 0 Å². The first kappa shape index (κ1) is 19.1. The highest BCUT2D eigenvalue weighted by Crippen LogP contribution is 2.25. The summed E-state index contributed by atoms with van der Waals surface area (Å²) in [4.78, 5) is 23.6. The second-order valence-corrected chi connectivity index (χ2v) is 6.46. The van der Waals surface area contributed by atoms with Crippen LogP contribution >= 0.6 is 15.9 Å². The number of amides is 1. The average Bonchev–Trinajstić information content (AvgIpc) is 2.56. The molecule has 4 nitrogen and oxygen atoms in total. The smallest absolute Gasteiger partial charge is 0.224 e. The maximum Gasteiger partial charge on any atom is 0.224 e. The van der Waals surface area contributed by atoms with Crippen LogP contribution in [0.1, 0.15) is 42.6 Å². The summed E-state index contributed by atoms with van der Waals surface area (Å²) in [7, 11) is 0. The molecule has 0 radical (unpaired) electrons. The monoisotopic (exact) mass is 407 g/mol. The zero-order chi connectivity index (χ0) is 18.4. The number of rotatable bonds is 7. The zero-order valence-electron chi connectivity index (χ0n) is 14.1. The van der Waals surface area contributed by atoms with Crippen molar-refractivity contribution in [2.75, 3.05) is 5.32 Å². The molecule has 0 heterocycles. The SMILES string of the molecule is CCCC(=O)Nc1ccc(OCc2ccc(F)c(Br)c2)c(C(C)=O)c1. The van der Waals surface area contributed by atoms with Gasteiger partial charge in [-0.2, -0.15) is 0 Å². The van der Waals surface area contributed by atoms with E-state index in [1.54, 1.807) is 30.3 Å². The molecule has 0 atom stereocenters. The molecule has 0 fully saturated rings. The lowest BCUT2D eigenvalue weighted by molar-refractivity contribution is -0.116. The van der Waals surface area contributed by atoms with Gasteiger partial charge in [0.1, 0.15) is 18.2 Å². The van der Waals surface area contributed by atoms with Crippen molar-refractivity contribution in [2.45, 2.75) is 33.3 Å². The molecule has 132 valence electrons. The van der Waals surface area contributed by atoms with Gasteiger partial charge in [-0.15, -0.1) is 0 Å². The van der Waals surface area contributed by atoms with E-state index in [2.05, 4.69) is 21.2 Å². The molecular formula is C19H19BrFNO3. The number of benzene rings is 2. The first-order chi connectivity index (χ1) is 11.9. The van der Waals surface area contributed by atoms with Crippen LogP contribution in [-0.4, -0.2) is 11.7 Å². The van der Waals surface area contributed by atoms with E-state index >= 15 is 0 Å². The molecule has 0 aliphatic carbocycles. The van der Waals surface area contributed by atoms with Crippen molar-refractivity contribution >= 4 is 33.3 Å². The summed E-state index contributed by atoms with van der Waals surface area (Å²) in [5, 5.41) is 2.76. The number of hydrogen-bond donors (Lipinski definition) is 1. The van der Waals surface area contributed by atoms with Gasteiger partial charge in [0, 0.05) is 12.1 Å². The molecule has 0 aliphatic heterocycles. The third-order valence-electron chi connectivity index (χ3n) is 3.50. The fraction of sp³-hybridized carbons (Fsp3) is 0.263. The van der Waals surface area contributed by atoms with Crippen molar-refractivity contribution in [2.24, 2.45) is 0 Å². The average molecular weight is 408 g/mol. The molecule has 25 heavy (non-hydrogen) atoms. The molecule has 1 amide bonds. The molecule has 2 aromatic rings. The summed E-state index contributed by atoms with van der Waals surface area (Å²) in [6, 6.07) is 9.54. The highest BCUT2D eigenvalue weighted by atomic mass is 79.9. The number of carbonyl (C=O) groups excluding carboxylic acids is 2. The Bertz CT molecular complexity index is 792. The van der Waals surface area contributed by atoms with Crippen LogP contribution in [0.4, 0.5) is 10.1 Å². The minimum atomic E-state index is -0.347. The van der Waals surface area contributed by atoms with Crippen molar-refractivity contribution in [1.82, 2.24) is 0 Å². The first-order valence-electron chi connectivity index (χ1n) is 7.92. The van der Waals surface area contributed by atoms with Gasteiger partial charge in [-0.1, -0.05) is 13.0 Å². The number of hydrogen-bond acceptors (Lipinski definition) is 3. The Balaban J connectivity index is 2.15. The van der Waals surface area contributed by atoms with Gasteiger partial charge < -0.3 is 10.1 Å². The summed E-state index contributed by atoms with van der Waals surface area (Å²) in [6.45, 7) is 3.56. The summed E-state index contributed by atoms with van der Waals surface area (Å²) in [6.07, 6.45) is 1.17.